The fraction of sp³-hybridized carbons (Fsp3) is 0.389. The van der Waals surface area contributed by atoms with Gasteiger partial charge in [0.25, 0.3) is 0 Å². The molecule has 0 aliphatic rings. The van der Waals surface area contributed by atoms with Gasteiger partial charge in [0.2, 0.25) is 5.91 Å². The van der Waals surface area contributed by atoms with E-state index in [1.165, 1.54) is 18.4 Å². The van der Waals surface area contributed by atoms with E-state index < -0.39 is 6.04 Å². The van der Waals surface area contributed by atoms with Gasteiger partial charge in [0, 0.05) is 4.88 Å². The monoisotopic (exact) mass is 352 g/mol. The van der Waals surface area contributed by atoms with Crippen molar-refractivity contribution in [1.82, 2.24) is 5.32 Å². The molecule has 0 aliphatic heterocycles. The number of carbonyl (C=O) groups excluding carboxylic acids is 1. The molecule has 2 atom stereocenters. The summed E-state index contributed by atoms with van der Waals surface area (Å²) >= 11 is 1.64. The van der Waals surface area contributed by atoms with Crippen LogP contribution >= 0.6 is 23.7 Å². The summed E-state index contributed by atoms with van der Waals surface area (Å²) in [6.45, 7) is 3.90. The second-order valence-corrected chi connectivity index (χ2v) is 6.57. The van der Waals surface area contributed by atoms with Crippen molar-refractivity contribution in [3.63, 3.8) is 0 Å². The Labute approximate surface area is 148 Å². The average Bonchev–Trinajstić information content (AvgIpc) is 3.05. The number of hydrogen-bond acceptors (Lipinski definition) is 3. The number of aryl methyl sites for hydroxylation is 1. The molecule has 0 aliphatic carbocycles. The zero-order valence-electron chi connectivity index (χ0n) is 13.6. The van der Waals surface area contributed by atoms with Crippen molar-refractivity contribution in [1.29, 1.82) is 0 Å². The van der Waals surface area contributed by atoms with Crippen molar-refractivity contribution in [3.8, 4) is 0 Å². The third-order valence-electron chi connectivity index (χ3n) is 3.66. The number of carbonyl (C=O) groups is 1. The number of hydrogen-bond donors (Lipinski definition) is 2. The summed E-state index contributed by atoms with van der Waals surface area (Å²) in [5, 5.41) is 5.07. The highest BCUT2D eigenvalue weighted by atomic mass is 35.5. The van der Waals surface area contributed by atoms with Crippen LogP contribution in [-0.2, 0) is 11.2 Å². The van der Waals surface area contributed by atoms with Crippen LogP contribution in [0.3, 0.4) is 0 Å². The number of halogens is 1. The summed E-state index contributed by atoms with van der Waals surface area (Å²) in [6, 6.07) is 11.9. The number of nitrogens with two attached hydrogens (primary N) is 1. The predicted molar refractivity (Wildman–Crippen MR) is 100 cm³/mol. The summed E-state index contributed by atoms with van der Waals surface area (Å²) in [5.74, 6) is -0.131. The first-order valence-electron chi connectivity index (χ1n) is 7.80. The van der Waals surface area contributed by atoms with E-state index >= 15 is 0 Å². The van der Waals surface area contributed by atoms with E-state index in [4.69, 9.17) is 5.73 Å². The lowest BCUT2D eigenvalue weighted by atomic mass is 10.0. The molecule has 1 amide bonds. The minimum atomic E-state index is -0.508. The van der Waals surface area contributed by atoms with Crippen LogP contribution in [0.25, 0.3) is 0 Å². The molecule has 1 heterocycles. The fourth-order valence-corrected chi connectivity index (χ4v) is 3.11. The topological polar surface area (TPSA) is 55.1 Å². The molecule has 0 spiro atoms. The summed E-state index contributed by atoms with van der Waals surface area (Å²) in [5.41, 5.74) is 8.12. The number of benzene rings is 1. The van der Waals surface area contributed by atoms with Gasteiger partial charge in [-0.15, -0.1) is 23.7 Å². The van der Waals surface area contributed by atoms with Crippen molar-refractivity contribution in [2.24, 2.45) is 5.73 Å². The lowest BCUT2D eigenvalue weighted by molar-refractivity contribution is -0.122. The molecule has 2 aromatic rings. The van der Waals surface area contributed by atoms with E-state index in [1.807, 2.05) is 17.5 Å². The van der Waals surface area contributed by atoms with E-state index in [0.717, 1.165) is 16.9 Å². The SMILES string of the molecule is CCCCc1ccc(C(NC(=O)[C@H](C)N)c2cccs2)cc1.Cl. The molecular formula is C18H25ClN2OS. The molecule has 2 rings (SSSR count). The maximum Gasteiger partial charge on any atom is 0.237 e. The normalized spacial score (nSPS) is 13.0. The van der Waals surface area contributed by atoms with Crippen molar-refractivity contribution in [2.45, 2.75) is 45.2 Å². The molecular weight excluding hydrogens is 328 g/mol. The Morgan fingerprint density at radius 3 is 2.48 bits per heavy atom. The lowest BCUT2D eigenvalue weighted by Crippen LogP contribution is -2.40. The van der Waals surface area contributed by atoms with Gasteiger partial charge in [0.1, 0.15) is 0 Å². The van der Waals surface area contributed by atoms with E-state index in [1.54, 1.807) is 18.3 Å². The van der Waals surface area contributed by atoms with E-state index in [9.17, 15) is 4.79 Å². The van der Waals surface area contributed by atoms with Crippen LogP contribution in [0.5, 0.6) is 0 Å². The highest BCUT2D eigenvalue weighted by Gasteiger charge is 2.19. The number of nitrogens with one attached hydrogen (secondary N) is 1. The van der Waals surface area contributed by atoms with Crippen LogP contribution in [0.1, 0.15) is 48.7 Å². The van der Waals surface area contributed by atoms with Gasteiger partial charge in [-0.25, -0.2) is 0 Å². The Balaban J connectivity index is 0.00000264. The average molecular weight is 353 g/mol. The molecule has 0 fully saturated rings. The zero-order chi connectivity index (χ0) is 15.9. The standard InChI is InChI=1S/C18H24N2OS.ClH/c1-3-4-6-14-8-10-15(11-9-14)17(16-7-5-12-22-16)20-18(21)13(2)19;/h5,7-13,17H,3-4,6,19H2,1-2H3,(H,20,21);1H/t13-,17?;/m0./s1. The Bertz CT molecular complexity index is 582. The van der Waals surface area contributed by atoms with Crippen molar-refractivity contribution >= 4 is 29.7 Å². The van der Waals surface area contributed by atoms with Gasteiger partial charge in [0.15, 0.2) is 0 Å². The Hall–Kier alpha value is -1.36. The van der Waals surface area contributed by atoms with Gasteiger partial charge in [0.05, 0.1) is 12.1 Å². The summed E-state index contributed by atoms with van der Waals surface area (Å²) in [7, 11) is 0. The van der Waals surface area contributed by atoms with Crippen LogP contribution in [0, 0.1) is 0 Å². The summed E-state index contributed by atoms with van der Waals surface area (Å²) < 4.78 is 0. The van der Waals surface area contributed by atoms with Crippen molar-refractivity contribution in [2.75, 3.05) is 0 Å². The Morgan fingerprint density at radius 1 is 1.26 bits per heavy atom. The molecule has 0 saturated heterocycles. The van der Waals surface area contributed by atoms with E-state index in [0.29, 0.717) is 0 Å². The van der Waals surface area contributed by atoms with Gasteiger partial charge < -0.3 is 11.1 Å². The molecule has 23 heavy (non-hydrogen) atoms. The first-order chi connectivity index (χ1) is 10.6. The quantitative estimate of drug-likeness (QED) is 0.789. The Morgan fingerprint density at radius 2 is 1.96 bits per heavy atom. The smallest absolute Gasteiger partial charge is 0.237 e. The largest absolute Gasteiger partial charge is 0.343 e. The second kappa shape index (κ2) is 9.71. The first kappa shape index (κ1) is 19.7. The van der Waals surface area contributed by atoms with Crippen LogP contribution in [0.4, 0.5) is 0 Å². The molecule has 1 aromatic heterocycles. The maximum absolute atomic E-state index is 12.0. The van der Waals surface area contributed by atoms with Gasteiger partial charge in [-0.05, 0) is 42.3 Å². The number of amides is 1. The van der Waals surface area contributed by atoms with Gasteiger partial charge in [-0.1, -0.05) is 43.7 Å². The lowest BCUT2D eigenvalue weighted by Gasteiger charge is -2.19. The molecule has 3 N–H and O–H groups in total. The zero-order valence-corrected chi connectivity index (χ0v) is 15.3. The highest BCUT2D eigenvalue weighted by Crippen LogP contribution is 2.26. The van der Waals surface area contributed by atoms with Crippen LogP contribution in [-0.4, -0.2) is 11.9 Å². The van der Waals surface area contributed by atoms with E-state index in [-0.39, 0.29) is 24.4 Å². The molecule has 5 heteroatoms. The molecule has 1 unspecified atom stereocenters. The van der Waals surface area contributed by atoms with Crippen LogP contribution < -0.4 is 11.1 Å². The number of thiophene rings is 1. The van der Waals surface area contributed by atoms with Gasteiger partial charge >= 0.3 is 0 Å². The molecule has 126 valence electrons. The summed E-state index contributed by atoms with van der Waals surface area (Å²) in [4.78, 5) is 13.1. The second-order valence-electron chi connectivity index (χ2n) is 5.59. The molecule has 0 radical (unpaired) electrons. The fourth-order valence-electron chi connectivity index (χ4n) is 2.31. The van der Waals surface area contributed by atoms with Crippen LogP contribution in [0.15, 0.2) is 41.8 Å². The van der Waals surface area contributed by atoms with E-state index in [2.05, 4.69) is 36.5 Å². The first-order valence-corrected chi connectivity index (χ1v) is 8.68. The maximum atomic E-state index is 12.0. The highest BCUT2D eigenvalue weighted by molar-refractivity contribution is 7.10. The van der Waals surface area contributed by atoms with Gasteiger partial charge in [-0.3, -0.25) is 4.79 Å². The predicted octanol–water partition coefficient (Wildman–Crippen LogP) is 4.07. The van der Waals surface area contributed by atoms with Gasteiger partial charge in [-0.2, -0.15) is 0 Å². The molecule has 3 nitrogen and oxygen atoms in total. The third kappa shape index (κ3) is 5.65. The molecule has 0 bridgehead atoms. The minimum absolute atomic E-state index is 0. The molecule has 1 aromatic carbocycles. The van der Waals surface area contributed by atoms with Crippen LogP contribution in [0.2, 0.25) is 0 Å². The third-order valence-corrected chi connectivity index (χ3v) is 4.60. The Kier molecular flexibility index (Phi) is 8.31. The molecule has 0 saturated carbocycles. The number of rotatable bonds is 7. The minimum Gasteiger partial charge on any atom is -0.343 e. The number of unbranched alkanes of at least 4 members (excludes halogenated alkanes) is 1. The summed E-state index contributed by atoms with van der Waals surface area (Å²) in [6.07, 6.45) is 3.51. The van der Waals surface area contributed by atoms with Crippen molar-refractivity contribution < 1.29 is 4.79 Å². The van der Waals surface area contributed by atoms with Crippen molar-refractivity contribution in [3.05, 3.63) is 57.8 Å².